The minimum absolute atomic E-state index is 0.0401. The number of pyridine rings is 1. The summed E-state index contributed by atoms with van der Waals surface area (Å²) >= 11 is 0. The van der Waals surface area contributed by atoms with Gasteiger partial charge in [-0.15, -0.1) is 0 Å². The SMILES string of the molecule is O=C(NC1CCC(N2CCN(c3cccc(C(F)(F)F)n3)CC2)C1)c1ccccc1. The molecule has 1 aromatic carbocycles. The van der Waals surface area contributed by atoms with Gasteiger partial charge < -0.3 is 10.2 Å². The summed E-state index contributed by atoms with van der Waals surface area (Å²) in [6, 6.07) is 13.8. The fourth-order valence-electron chi connectivity index (χ4n) is 4.35. The third kappa shape index (κ3) is 4.75. The Balaban J connectivity index is 1.28. The van der Waals surface area contributed by atoms with Crippen LogP contribution in [-0.2, 0) is 6.18 Å². The molecule has 1 N–H and O–H groups in total. The number of carbonyl (C=O) groups is 1. The summed E-state index contributed by atoms with van der Waals surface area (Å²) < 4.78 is 38.8. The van der Waals surface area contributed by atoms with E-state index in [1.165, 1.54) is 6.07 Å². The van der Waals surface area contributed by atoms with E-state index in [2.05, 4.69) is 15.2 Å². The van der Waals surface area contributed by atoms with Crippen LogP contribution in [0, 0.1) is 0 Å². The maximum absolute atomic E-state index is 12.9. The van der Waals surface area contributed by atoms with Crippen LogP contribution in [0.5, 0.6) is 0 Å². The van der Waals surface area contributed by atoms with Gasteiger partial charge in [-0.3, -0.25) is 9.69 Å². The molecule has 2 atom stereocenters. The van der Waals surface area contributed by atoms with Gasteiger partial charge in [0.05, 0.1) is 0 Å². The van der Waals surface area contributed by atoms with Crippen molar-refractivity contribution in [3.05, 3.63) is 59.8 Å². The maximum Gasteiger partial charge on any atom is 0.433 e. The van der Waals surface area contributed by atoms with Gasteiger partial charge >= 0.3 is 6.18 Å². The first-order chi connectivity index (χ1) is 14.4. The monoisotopic (exact) mass is 418 g/mol. The molecule has 2 aliphatic rings. The average molecular weight is 418 g/mol. The summed E-state index contributed by atoms with van der Waals surface area (Å²) in [6.07, 6.45) is -1.57. The van der Waals surface area contributed by atoms with E-state index >= 15 is 0 Å². The van der Waals surface area contributed by atoms with Crippen molar-refractivity contribution in [2.45, 2.75) is 37.5 Å². The number of hydrogen-bond acceptors (Lipinski definition) is 4. The first kappa shape index (κ1) is 20.7. The van der Waals surface area contributed by atoms with Crippen LogP contribution in [0.2, 0.25) is 0 Å². The number of aromatic nitrogens is 1. The van der Waals surface area contributed by atoms with Crippen molar-refractivity contribution in [3.63, 3.8) is 0 Å². The number of benzene rings is 1. The van der Waals surface area contributed by atoms with E-state index < -0.39 is 11.9 Å². The molecule has 1 aliphatic heterocycles. The van der Waals surface area contributed by atoms with Crippen molar-refractivity contribution in [1.29, 1.82) is 0 Å². The molecule has 1 amide bonds. The second-order valence-corrected chi connectivity index (χ2v) is 7.91. The summed E-state index contributed by atoms with van der Waals surface area (Å²) in [4.78, 5) is 20.5. The summed E-state index contributed by atoms with van der Waals surface area (Å²) in [5, 5.41) is 3.13. The van der Waals surface area contributed by atoms with Crippen molar-refractivity contribution >= 4 is 11.7 Å². The Labute approximate surface area is 173 Å². The van der Waals surface area contributed by atoms with E-state index in [1.807, 2.05) is 35.2 Å². The largest absolute Gasteiger partial charge is 0.433 e. The number of amides is 1. The summed E-state index contributed by atoms with van der Waals surface area (Å²) in [6.45, 7) is 2.85. The molecule has 1 saturated heterocycles. The van der Waals surface area contributed by atoms with E-state index in [-0.39, 0.29) is 11.9 Å². The number of nitrogens with one attached hydrogen (secondary N) is 1. The smallest absolute Gasteiger partial charge is 0.354 e. The van der Waals surface area contributed by atoms with Gasteiger partial charge in [-0.25, -0.2) is 4.98 Å². The number of hydrogen-bond donors (Lipinski definition) is 1. The van der Waals surface area contributed by atoms with E-state index in [0.717, 1.165) is 38.4 Å². The number of nitrogens with zero attached hydrogens (tertiary/aromatic N) is 3. The highest BCUT2D eigenvalue weighted by atomic mass is 19.4. The van der Waals surface area contributed by atoms with Crippen LogP contribution < -0.4 is 10.2 Å². The quantitative estimate of drug-likeness (QED) is 0.825. The van der Waals surface area contributed by atoms with E-state index in [9.17, 15) is 18.0 Å². The van der Waals surface area contributed by atoms with Crippen molar-refractivity contribution in [2.24, 2.45) is 0 Å². The summed E-state index contributed by atoms with van der Waals surface area (Å²) in [5.74, 6) is 0.339. The van der Waals surface area contributed by atoms with Gasteiger partial charge in [0, 0.05) is 43.8 Å². The predicted molar refractivity (Wildman–Crippen MR) is 108 cm³/mol. The van der Waals surface area contributed by atoms with Gasteiger partial charge in [0.15, 0.2) is 0 Å². The molecular weight excluding hydrogens is 393 g/mol. The zero-order chi connectivity index (χ0) is 21.1. The maximum atomic E-state index is 12.9. The Morgan fingerprint density at radius 3 is 2.40 bits per heavy atom. The minimum atomic E-state index is -4.43. The molecule has 2 aromatic rings. The number of halogens is 3. The normalized spacial score (nSPS) is 22.8. The van der Waals surface area contributed by atoms with Gasteiger partial charge in [-0.1, -0.05) is 24.3 Å². The third-order valence-corrected chi connectivity index (χ3v) is 5.96. The van der Waals surface area contributed by atoms with Crippen LogP contribution in [0.4, 0.5) is 19.0 Å². The Bertz CT molecular complexity index is 866. The van der Waals surface area contributed by atoms with Gasteiger partial charge in [0.2, 0.25) is 0 Å². The number of carbonyl (C=O) groups excluding carboxylic acids is 1. The lowest BCUT2D eigenvalue weighted by Crippen LogP contribution is -2.50. The average Bonchev–Trinajstić information content (AvgIpc) is 3.22. The van der Waals surface area contributed by atoms with Crippen molar-refractivity contribution < 1.29 is 18.0 Å². The molecule has 8 heteroatoms. The highest BCUT2D eigenvalue weighted by molar-refractivity contribution is 5.94. The van der Waals surface area contributed by atoms with Crippen LogP contribution in [0.3, 0.4) is 0 Å². The van der Waals surface area contributed by atoms with Crippen LogP contribution in [-0.4, -0.2) is 54.1 Å². The summed E-state index contributed by atoms with van der Waals surface area (Å²) in [5.41, 5.74) is -0.182. The standard InChI is InChI=1S/C22H25F3N4O/c23-22(24,25)19-7-4-8-20(27-19)29-13-11-28(12-14-29)18-10-9-17(15-18)26-21(30)16-5-2-1-3-6-16/h1-8,17-18H,9-15H2,(H,26,30). The molecule has 0 radical (unpaired) electrons. The van der Waals surface area contributed by atoms with E-state index in [1.54, 1.807) is 6.07 Å². The molecule has 4 rings (SSSR count). The Morgan fingerprint density at radius 2 is 1.70 bits per heavy atom. The molecule has 2 fully saturated rings. The molecule has 0 bridgehead atoms. The zero-order valence-electron chi connectivity index (χ0n) is 16.6. The summed E-state index contributed by atoms with van der Waals surface area (Å²) in [7, 11) is 0. The molecule has 5 nitrogen and oxygen atoms in total. The van der Waals surface area contributed by atoms with Gasteiger partial charge in [-0.2, -0.15) is 13.2 Å². The van der Waals surface area contributed by atoms with Gasteiger partial charge in [0.25, 0.3) is 5.91 Å². The number of rotatable bonds is 4. The van der Waals surface area contributed by atoms with Crippen molar-refractivity contribution in [2.75, 3.05) is 31.1 Å². The molecule has 1 saturated carbocycles. The molecule has 2 heterocycles. The third-order valence-electron chi connectivity index (χ3n) is 5.96. The predicted octanol–water partition coefficient (Wildman–Crippen LogP) is 3.57. The molecule has 160 valence electrons. The lowest BCUT2D eigenvalue weighted by Gasteiger charge is -2.38. The first-order valence-corrected chi connectivity index (χ1v) is 10.3. The fraction of sp³-hybridized carbons (Fsp3) is 0.455. The van der Waals surface area contributed by atoms with Crippen molar-refractivity contribution in [1.82, 2.24) is 15.2 Å². The topological polar surface area (TPSA) is 48.5 Å². The van der Waals surface area contributed by atoms with E-state index in [4.69, 9.17) is 0 Å². The number of piperazine rings is 1. The van der Waals surface area contributed by atoms with Gasteiger partial charge in [0.1, 0.15) is 11.5 Å². The number of alkyl halides is 3. The van der Waals surface area contributed by atoms with Crippen molar-refractivity contribution in [3.8, 4) is 0 Å². The molecule has 0 spiro atoms. The first-order valence-electron chi connectivity index (χ1n) is 10.3. The fourth-order valence-corrected chi connectivity index (χ4v) is 4.35. The van der Waals surface area contributed by atoms with Crippen LogP contribution in [0.1, 0.15) is 35.3 Å². The number of anilines is 1. The van der Waals surface area contributed by atoms with Crippen LogP contribution in [0.25, 0.3) is 0 Å². The minimum Gasteiger partial charge on any atom is -0.354 e. The zero-order valence-corrected chi connectivity index (χ0v) is 16.6. The second kappa shape index (κ2) is 8.63. The van der Waals surface area contributed by atoms with Crippen LogP contribution >= 0.6 is 0 Å². The molecule has 1 aromatic heterocycles. The lowest BCUT2D eigenvalue weighted by atomic mass is 10.1. The highest BCUT2D eigenvalue weighted by Gasteiger charge is 2.34. The second-order valence-electron chi connectivity index (χ2n) is 7.91. The van der Waals surface area contributed by atoms with E-state index in [0.29, 0.717) is 30.5 Å². The highest BCUT2D eigenvalue weighted by Crippen LogP contribution is 2.30. The molecule has 2 unspecified atom stereocenters. The lowest BCUT2D eigenvalue weighted by molar-refractivity contribution is -0.141. The Hall–Kier alpha value is -2.61. The Kier molecular flexibility index (Phi) is 5.94. The molecular formula is C22H25F3N4O. The van der Waals surface area contributed by atoms with Crippen LogP contribution in [0.15, 0.2) is 48.5 Å². The molecule has 1 aliphatic carbocycles. The Morgan fingerprint density at radius 1 is 0.967 bits per heavy atom. The molecule has 30 heavy (non-hydrogen) atoms. The van der Waals surface area contributed by atoms with Gasteiger partial charge in [-0.05, 0) is 43.5 Å².